The number of H-pyrrole nitrogens is 1. The maximum atomic E-state index is 12.0. The Morgan fingerprint density at radius 3 is 2.89 bits per heavy atom. The highest BCUT2D eigenvalue weighted by atomic mass is 32.2. The van der Waals surface area contributed by atoms with Crippen molar-refractivity contribution in [3.05, 3.63) is 23.8 Å². The van der Waals surface area contributed by atoms with Crippen LogP contribution in [0.2, 0.25) is 0 Å². The first kappa shape index (κ1) is 20.6. The summed E-state index contributed by atoms with van der Waals surface area (Å²) >= 11 is 1.27. The lowest BCUT2D eigenvalue weighted by Gasteiger charge is -2.17. The van der Waals surface area contributed by atoms with E-state index in [1.165, 1.54) is 11.8 Å². The second-order valence-electron chi connectivity index (χ2n) is 5.35. The minimum Gasteiger partial charge on any atom is -0.504 e. The normalized spacial score (nSPS) is 10.9. The number of carbonyl (C=O) groups excluding carboxylic acids is 1. The third-order valence-corrected chi connectivity index (χ3v) is 4.41. The molecule has 2 rings (SSSR count). The number of amides is 1. The van der Waals surface area contributed by atoms with Crippen LogP contribution in [0.4, 0.5) is 5.95 Å². The van der Waals surface area contributed by atoms with Crippen LogP contribution in [0.15, 0.2) is 28.5 Å². The molecule has 0 radical (unpaired) electrons. The number of phenolic OH excluding ortho intramolecular Hbond substituents is 1. The Morgan fingerprint density at radius 1 is 1.41 bits per heavy atom. The predicted molar refractivity (Wildman–Crippen MR) is 106 cm³/mol. The molecule has 0 fully saturated rings. The number of ether oxygens (including phenoxy) is 1. The molecule has 3 N–H and O–H groups in total. The van der Waals surface area contributed by atoms with Crippen molar-refractivity contribution in [3.8, 4) is 11.5 Å². The number of aromatic nitrogens is 3. The molecule has 9 nitrogen and oxygen atoms in total. The Bertz CT molecular complexity index is 776. The number of aromatic amines is 1. The topological polar surface area (TPSA) is 116 Å². The molecule has 1 aromatic heterocycles. The molecule has 0 bridgehead atoms. The van der Waals surface area contributed by atoms with Gasteiger partial charge in [0.1, 0.15) is 0 Å². The number of carbonyl (C=O) groups is 1. The minimum absolute atomic E-state index is 0.0553. The van der Waals surface area contributed by atoms with Crippen molar-refractivity contribution in [2.24, 2.45) is 5.10 Å². The van der Waals surface area contributed by atoms with E-state index in [0.717, 1.165) is 5.56 Å². The standard InChI is InChI=1S/C17H24N6O3S/c1-4-23(5-2)15(25)11-27-17-19-16(21-22-17)20-18-10-12-7-8-13(24)14(9-12)26-6-3/h7-10,24H,4-6,11H2,1-3H3,(H2,19,20,21,22)/b18-10+. The molecule has 0 saturated heterocycles. The molecule has 1 aromatic carbocycles. The van der Waals surface area contributed by atoms with E-state index in [0.29, 0.717) is 36.6 Å². The molecule has 2 aromatic rings. The van der Waals surface area contributed by atoms with E-state index in [1.807, 2.05) is 20.8 Å². The SMILES string of the molecule is CCOc1cc(/C=N/Nc2nc(SCC(=O)N(CC)CC)n[nH]2)ccc1O. The zero-order valence-electron chi connectivity index (χ0n) is 15.6. The first-order valence-electron chi connectivity index (χ1n) is 8.65. The summed E-state index contributed by atoms with van der Waals surface area (Å²) in [6.45, 7) is 7.58. The van der Waals surface area contributed by atoms with Crippen LogP contribution in [0.1, 0.15) is 26.3 Å². The van der Waals surface area contributed by atoms with Gasteiger partial charge < -0.3 is 14.7 Å². The van der Waals surface area contributed by atoms with E-state index >= 15 is 0 Å². The average molecular weight is 392 g/mol. The first-order chi connectivity index (χ1) is 13.1. The molecular formula is C17H24N6O3S. The zero-order chi connectivity index (χ0) is 19.6. The monoisotopic (exact) mass is 392 g/mol. The largest absolute Gasteiger partial charge is 0.504 e. The van der Waals surface area contributed by atoms with Crippen LogP contribution in [0.5, 0.6) is 11.5 Å². The quantitative estimate of drug-likeness (QED) is 0.323. The predicted octanol–water partition coefficient (Wildman–Crippen LogP) is 2.32. The van der Waals surface area contributed by atoms with Crippen LogP contribution in [-0.2, 0) is 4.79 Å². The summed E-state index contributed by atoms with van der Waals surface area (Å²) in [5.41, 5.74) is 3.49. The van der Waals surface area contributed by atoms with Gasteiger partial charge in [-0.05, 0) is 44.5 Å². The van der Waals surface area contributed by atoms with Gasteiger partial charge in [0.25, 0.3) is 0 Å². The van der Waals surface area contributed by atoms with E-state index in [-0.39, 0.29) is 17.4 Å². The number of thioether (sulfide) groups is 1. The summed E-state index contributed by atoms with van der Waals surface area (Å²) in [5.74, 6) is 1.19. The molecule has 0 aliphatic carbocycles. The van der Waals surface area contributed by atoms with Gasteiger partial charge in [-0.25, -0.2) is 10.5 Å². The van der Waals surface area contributed by atoms with Crippen LogP contribution in [0, 0.1) is 0 Å². The van der Waals surface area contributed by atoms with Gasteiger partial charge >= 0.3 is 0 Å². The number of hydrogen-bond acceptors (Lipinski definition) is 8. The number of rotatable bonds is 10. The molecule has 0 spiro atoms. The van der Waals surface area contributed by atoms with Gasteiger partial charge in [-0.1, -0.05) is 11.8 Å². The Morgan fingerprint density at radius 2 is 2.19 bits per heavy atom. The van der Waals surface area contributed by atoms with Crippen molar-refractivity contribution < 1.29 is 14.6 Å². The summed E-state index contributed by atoms with van der Waals surface area (Å²) in [6.07, 6.45) is 1.57. The molecule has 1 amide bonds. The Kier molecular flexibility index (Phi) is 7.93. The van der Waals surface area contributed by atoms with Crippen LogP contribution >= 0.6 is 11.8 Å². The van der Waals surface area contributed by atoms with E-state index in [1.54, 1.807) is 29.3 Å². The fourth-order valence-electron chi connectivity index (χ4n) is 2.20. The summed E-state index contributed by atoms with van der Waals surface area (Å²) in [4.78, 5) is 18.0. The summed E-state index contributed by atoms with van der Waals surface area (Å²) in [7, 11) is 0. The lowest BCUT2D eigenvalue weighted by molar-refractivity contribution is -0.127. The second-order valence-corrected chi connectivity index (χ2v) is 6.29. The molecule has 1 heterocycles. The number of nitrogens with zero attached hydrogens (tertiary/aromatic N) is 4. The summed E-state index contributed by atoms with van der Waals surface area (Å²) in [6, 6.07) is 4.94. The van der Waals surface area contributed by atoms with Crippen molar-refractivity contribution >= 4 is 29.8 Å². The van der Waals surface area contributed by atoms with Gasteiger partial charge in [0, 0.05) is 13.1 Å². The summed E-state index contributed by atoms with van der Waals surface area (Å²) < 4.78 is 5.33. The number of benzene rings is 1. The number of phenols is 1. The number of anilines is 1. The van der Waals surface area contributed by atoms with Crippen molar-refractivity contribution in [3.63, 3.8) is 0 Å². The first-order valence-corrected chi connectivity index (χ1v) is 9.63. The van der Waals surface area contributed by atoms with E-state index < -0.39 is 0 Å². The van der Waals surface area contributed by atoms with Gasteiger partial charge in [0.05, 0.1) is 18.6 Å². The number of hydrazone groups is 1. The third kappa shape index (κ3) is 6.17. The van der Waals surface area contributed by atoms with Crippen LogP contribution in [0.3, 0.4) is 0 Å². The van der Waals surface area contributed by atoms with Gasteiger partial charge in [0.15, 0.2) is 11.5 Å². The van der Waals surface area contributed by atoms with Crippen molar-refractivity contribution in [2.75, 3.05) is 30.9 Å². The number of hydrogen-bond donors (Lipinski definition) is 3. The molecule has 0 atom stereocenters. The number of aromatic hydroxyl groups is 1. The molecule has 146 valence electrons. The minimum atomic E-state index is 0.0553. The highest BCUT2D eigenvalue weighted by molar-refractivity contribution is 7.99. The highest BCUT2D eigenvalue weighted by Gasteiger charge is 2.12. The second kappa shape index (κ2) is 10.4. The van der Waals surface area contributed by atoms with Gasteiger partial charge in [-0.15, -0.1) is 5.10 Å². The molecule has 0 saturated carbocycles. The fraction of sp³-hybridized carbons (Fsp3) is 0.412. The summed E-state index contributed by atoms with van der Waals surface area (Å²) in [5, 5.41) is 21.0. The van der Waals surface area contributed by atoms with Crippen LogP contribution < -0.4 is 10.2 Å². The van der Waals surface area contributed by atoms with Crippen LogP contribution in [0.25, 0.3) is 0 Å². The van der Waals surface area contributed by atoms with Crippen molar-refractivity contribution in [1.82, 2.24) is 20.1 Å². The molecule has 0 aliphatic heterocycles. The molecule has 0 unspecified atom stereocenters. The van der Waals surface area contributed by atoms with Crippen molar-refractivity contribution in [2.45, 2.75) is 25.9 Å². The number of nitrogens with one attached hydrogen (secondary N) is 2. The Labute approximate surface area is 162 Å². The highest BCUT2D eigenvalue weighted by Crippen LogP contribution is 2.26. The maximum absolute atomic E-state index is 12.0. The van der Waals surface area contributed by atoms with Gasteiger partial charge in [-0.3, -0.25) is 4.79 Å². The third-order valence-electron chi connectivity index (χ3n) is 3.57. The lowest BCUT2D eigenvalue weighted by atomic mass is 10.2. The molecule has 10 heteroatoms. The maximum Gasteiger partial charge on any atom is 0.240 e. The molecule has 27 heavy (non-hydrogen) atoms. The molecule has 0 aliphatic rings. The fourth-order valence-corrected chi connectivity index (χ4v) is 2.91. The smallest absolute Gasteiger partial charge is 0.240 e. The Hall–Kier alpha value is -2.75. The lowest BCUT2D eigenvalue weighted by Crippen LogP contribution is -2.31. The molecular weight excluding hydrogens is 368 g/mol. The Balaban J connectivity index is 1.88. The van der Waals surface area contributed by atoms with E-state index in [2.05, 4.69) is 25.7 Å². The van der Waals surface area contributed by atoms with E-state index in [4.69, 9.17) is 4.74 Å². The van der Waals surface area contributed by atoms with Gasteiger partial charge in [0.2, 0.25) is 17.0 Å². The van der Waals surface area contributed by atoms with E-state index in [9.17, 15) is 9.90 Å². The average Bonchev–Trinajstić information content (AvgIpc) is 3.11. The van der Waals surface area contributed by atoms with Crippen LogP contribution in [-0.4, -0.2) is 62.8 Å². The van der Waals surface area contributed by atoms with Gasteiger partial charge in [-0.2, -0.15) is 10.1 Å². The zero-order valence-corrected chi connectivity index (χ0v) is 16.4. The van der Waals surface area contributed by atoms with Crippen molar-refractivity contribution in [1.29, 1.82) is 0 Å².